The molecule has 0 saturated carbocycles. The van der Waals surface area contributed by atoms with E-state index >= 15 is 0 Å². The molecule has 0 amide bonds. The number of carbonyl (C=O) groups is 1. The second kappa shape index (κ2) is 8.26. The van der Waals surface area contributed by atoms with Gasteiger partial charge in [0.1, 0.15) is 11.9 Å². The lowest BCUT2D eigenvalue weighted by molar-refractivity contribution is -0.143. The molecule has 3 N–H and O–H groups in total. The van der Waals surface area contributed by atoms with Gasteiger partial charge >= 0.3 is 5.97 Å². The number of benzene rings is 2. The second-order valence-electron chi connectivity index (χ2n) is 8.36. The van der Waals surface area contributed by atoms with Crippen LogP contribution in [-0.4, -0.2) is 57.2 Å². The van der Waals surface area contributed by atoms with Gasteiger partial charge in [-0.05, 0) is 42.3 Å². The molecule has 2 aromatic heterocycles. The van der Waals surface area contributed by atoms with Gasteiger partial charge in [0, 0.05) is 54.2 Å². The number of aromatic amines is 1. The fourth-order valence-electron chi connectivity index (χ4n) is 4.70. The molecule has 32 heavy (non-hydrogen) atoms. The number of hydrogen-bond acceptors (Lipinski definition) is 5. The molecule has 1 aliphatic rings. The SMILES string of the molecule is Cc1cc(N2CCN([C@H](C(=O)O)c3c[nH]c4ccc(CO)cc34)CC2)nc2ccccc12. The number of aromatic nitrogens is 2. The van der Waals surface area contributed by atoms with Crippen LogP contribution in [0.4, 0.5) is 5.82 Å². The van der Waals surface area contributed by atoms with Crippen molar-refractivity contribution >= 4 is 33.6 Å². The van der Waals surface area contributed by atoms with Gasteiger partial charge in [-0.3, -0.25) is 9.69 Å². The first-order chi connectivity index (χ1) is 15.5. The van der Waals surface area contributed by atoms with Crippen LogP contribution >= 0.6 is 0 Å². The number of nitrogens with one attached hydrogen (secondary N) is 1. The molecule has 0 radical (unpaired) electrons. The van der Waals surface area contributed by atoms with E-state index in [2.05, 4.69) is 28.9 Å². The Morgan fingerprint density at radius 1 is 1.09 bits per heavy atom. The molecule has 1 atom stereocenters. The number of rotatable bonds is 5. The number of aryl methyl sites for hydroxylation is 1. The molecule has 7 heteroatoms. The zero-order chi connectivity index (χ0) is 22.2. The van der Waals surface area contributed by atoms with Crippen molar-refractivity contribution < 1.29 is 15.0 Å². The number of fused-ring (bicyclic) bond motifs is 2. The third kappa shape index (κ3) is 3.59. The molecule has 7 nitrogen and oxygen atoms in total. The van der Waals surface area contributed by atoms with Gasteiger partial charge in [-0.25, -0.2) is 4.98 Å². The number of hydrogen-bond donors (Lipinski definition) is 3. The Labute approximate surface area is 185 Å². The normalized spacial score (nSPS) is 16.0. The van der Waals surface area contributed by atoms with Crippen LogP contribution in [0.25, 0.3) is 21.8 Å². The van der Waals surface area contributed by atoms with E-state index in [4.69, 9.17) is 4.98 Å². The zero-order valence-corrected chi connectivity index (χ0v) is 18.0. The summed E-state index contributed by atoms with van der Waals surface area (Å²) in [6.07, 6.45) is 1.78. The average molecular weight is 431 g/mol. The summed E-state index contributed by atoms with van der Waals surface area (Å²) in [7, 11) is 0. The molecular formula is C25H26N4O3. The second-order valence-corrected chi connectivity index (χ2v) is 8.36. The number of aliphatic hydroxyl groups excluding tert-OH is 1. The number of para-hydroxylation sites is 1. The van der Waals surface area contributed by atoms with Gasteiger partial charge in [-0.1, -0.05) is 24.3 Å². The molecule has 4 aromatic rings. The topological polar surface area (TPSA) is 92.7 Å². The maximum Gasteiger partial charge on any atom is 0.325 e. The van der Waals surface area contributed by atoms with E-state index < -0.39 is 12.0 Å². The number of anilines is 1. The maximum atomic E-state index is 12.3. The highest BCUT2D eigenvalue weighted by Gasteiger charge is 2.32. The first kappa shape index (κ1) is 20.5. The number of nitrogens with zero attached hydrogens (tertiary/aromatic N) is 3. The van der Waals surface area contributed by atoms with Crippen LogP contribution in [0.2, 0.25) is 0 Å². The highest BCUT2D eigenvalue weighted by molar-refractivity contribution is 5.89. The number of carboxylic acids is 1. The van der Waals surface area contributed by atoms with Gasteiger partial charge in [0.05, 0.1) is 12.1 Å². The molecule has 1 fully saturated rings. The van der Waals surface area contributed by atoms with E-state index in [0.29, 0.717) is 26.2 Å². The van der Waals surface area contributed by atoms with Crippen LogP contribution in [0.15, 0.2) is 54.7 Å². The molecule has 0 spiro atoms. The first-order valence-electron chi connectivity index (χ1n) is 10.8. The van der Waals surface area contributed by atoms with Crippen LogP contribution in [-0.2, 0) is 11.4 Å². The summed E-state index contributed by atoms with van der Waals surface area (Å²) in [4.78, 5) is 24.6. The summed E-state index contributed by atoms with van der Waals surface area (Å²) in [5, 5.41) is 21.6. The smallest absolute Gasteiger partial charge is 0.325 e. The van der Waals surface area contributed by atoms with E-state index in [-0.39, 0.29) is 6.61 Å². The fourth-order valence-corrected chi connectivity index (χ4v) is 4.70. The Bertz CT molecular complexity index is 1290. The Hall–Kier alpha value is -3.42. The average Bonchev–Trinajstić information content (AvgIpc) is 3.22. The van der Waals surface area contributed by atoms with Crippen molar-refractivity contribution in [1.29, 1.82) is 0 Å². The van der Waals surface area contributed by atoms with Gasteiger partial charge in [-0.2, -0.15) is 0 Å². The van der Waals surface area contributed by atoms with Crippen molar-refractivity contribution in [2.24, 2.45) is 0 Å². The van der Waals surface area contributed by atoms with E-state index in [1.165, 1.54) is 5.56 Å². The predicted octanol–water partition coefficient (Wildman–Crippen LogP) is 3.46. The van der Waals surface area contributed by atoms with Crippen molar-refractivity contribution in [3.05, 3.63) is 71.4 Å². The van der Waals surface area contributed by atoms with Crippen molar-refractivity contribution in [1.82, 2.24) is 14.9 Å². The molecule has 2 aromatic carbocycles. The fraction of sp³-hybridized carbons (Fsp3) is 0.280. The largest absolute Gasteiger partial charge is 0.480 e. The Balaban J connectivity index is 1.39. The number of aliphatic carboxylic acids is 1. The van der Waals surface area contributed by atoms with Gasteiger partial charge in [0.2, 0.25) is 0 Å². The van der Waals surface area contributed by atoms with Crippen LogP contribution in [0.5, 0.6) is 0 Å². The molecule has 1 aliphatic heterocycles. The van der Waals surface area contributed by atoms with Crippen LogP contribution in [0.3, 0.4) is 0 Å². The first-order valence-corrected chi connectivity index (χ1v) is 10.8. The molecule has 0 bridgehead atoms. The molecular weight excluding hydrogens is 404 g/mol. The molecule has 1 saturated heterocycles. The summed E-state index contributed by atoms with van der Waals surface area (Å²) >= 11 is 0. The third-order valence-electron chi connectivity index (χ3n) is 6.40. The minimum Gasteiger partial charge on any atom is -0.480 e. The molecule has 0 aliphatic carbocycles. The maximum absolute atomic E-state index is 12.3. The number of piperazine rings is 1. The molecule has 164 valence electrons. The lowest BCUT2D eigenvalue weighted by Crippen LogP contribution is -2.49. The van der Waals surface area contributed by atoms with E-state index in [9.17, 15) is 15.0 Å². The van der Waals surface area contributed by atoms with Crippen molar-refractivity contribution in [2.75, 3.05) is 31.1 Å². The standard InChI is InChI=1S/C25H26N4O3/c1-16-12-23(27-22-5-3-2-4-18(16)22)28-8-10-29(11-9-28)24(25(31)32)20-14-26-21-7-6-17(15-30)13-19(20)21/h2-7,12-14,24,26,30H,8-11,15H2,1H3,(H,31,32)/t24-/m0/s1. The van der Waals surface area contributed by atoms with E-state index in [1.54, 1.807) is 6.20 Å². The number of pyridine rings is 1. The Morgan fingerprint density at radius 2 is 1.88 bits per heavy atom. The van der Waals surface area contributed by atoms with Gasteiger partial charge < -0.3 is 20.1 Å². The monoisotopic (exact) mass is 430 g/mol. The number of aliphatic hydroxyl groups is 1. The van der Waals surface area contributed by atoms with Crippen molar-refractivity contribution in [3.8, 4) is 0 Å². The highest BCUT2D eigenvalue weighted by atomic mass is 16.4. The van der Waals surface area contributed by atoms with Crippen molar-refractivity contribution in [2.45, 2.75) is 19.6 Å². The quantitative estimate of drug-likeness (QED) is 0.449. The minimum absolute atomic E-state index is 0.0743. The summed E-state index contributed by atoms with van der Waals surface area (Å²) in [6.45, 7) is 4.68. The summed E-state index contributed by atoms with van der Waals surface area (Å²) in [5.41, 5.74) is 4.54. The zero-order valence-electron chi connectivity index (χ0n) is 18.0. The van der Waals surface area contributed by atoms with Crippen LogP contribution < -0.4 is 4.90 Å². The number of carboxylic acid groups (broad SMARTS) is 1. The Morgan fingerprint density at radius 3 is 2.62 bits per heavy atom. The number of H-pyrrole nitrogens is 1. The van der Waals surface area contributed by atoms with Gasteiger partial charge in [-0.15, -0.1) is 0 Å². The van der Waals surface area contributed by atoms with Gasteiger partial charge in [0.25, 0.3) is 0 Å². The summed E-state index contributed by atoms with van der Waals surface area (Å²) in [6, 6.07) is 15.1. The molecule has 3 heterocycles. The minimum atomic E-state index is -0.867. The van der Waals surface area contributed by atoms with Crippen molar-refractivity contribution in [3.63, 3.8) is 0 Å². The summed E-state index contributed by atoms with van der Waals surface area (Å²) in [5.74, 6) is 0.0702. The highest BCUT2D eigenvalue weighted by Crippen LogP contribution is 2.31. The van der Waals surface area contributed by atoms with E-state index in [1.807, 2.05) is 41.3 Å². The third-order valence-corrected chi connectivity index (χ3v) is 6.40. The van der Waals surface area contributed by atoms with Crippen LogP contribution in [0, 0.1) is 6.92 Å². The van der Waals surface area contributed by atoms with E-state index in [0.717, 1.165) is 38.8 Å². The molecule has 5 rings (SSSR count). The predicted molar refractivity (Wildman–Crippen MR) is 125 cm³/mol. The Kier molecular flexibility index (Phi) is 5.28. The summed E-state index contributed by atoms with van der Waals surface area (Å²) < 4.78 is 0. The van der Waals surface area contributed by atoms with Crippen LogP contribution in [0.1, 0.15) is 22.7 Å². The lowest BCUT2D eigenvalue weighted by atomic mass is 10.0. The molecule has 0 unspecified atom stereocenters. The lowest BCUT2D eigenvalue weighted by Gasteiger charge is -2.38. The van der Waals surface area contributed by atoms with Gasteiger partial charge in [0.15, 0.2) is 0 Å².